The number of imidazole rings is 1. The van der Waals surface area contributed by atoms with E-state index in [-0.39, 0.29) is 22.9 Å². The number of phenolic OH excluding ortho intramolecular Hbond substituents is 1. The Hall–Kier alpha value is -3.84. The number of aromatic amines is 1. The maximum absolute atomic E-state index is 12.2. The topological polar surface area (TPSA) is 178 Å². The number of hydrogen-bond donors (Lipinski definition) is 6. The number of nitrogens with zero attached hydrogens (tertiary/aromatic N) is 4. The largest absolute Gasteiger partial charge is 0.507 e. The third-order valence-electron chi connectivity index (χ3n) is 5.56. The van der Waals surface area contributed by atoms with E-state index < -0.39 is 36.7 Å². The normalized spacial score (nSPS) is 23.1. The Morgan fingerprint density at radius 3 is 2.82 bits per heavy atom. The number of ether oxygens (including phenoxy) is 1. The van der Waals surface area contributed by atoms with Crippen LogP contribution in [0.3, 0.4) is 0 Å². The molecule has 170 valence electrons. The van der Waals surface area contributed by atoms with E-state index in [0.717, 1.165) is 10.8 Å². The number of fused-ring (bicyclic) bond motifs is 2. The molecule has 33 heavy (non-hydrogen) atoms. The van der Waals surface area contributed by atoms with Gasteiger partial charge in [0.2, 0.25) is 5.95 Å². The van der Waals surface area contributed by atoms with Crippen LogP contribution in [0.1, 0.15) is 11.8 Å². The predicted molar refractivity (Wildman–Crippen MR) is 118 cm³/mol. The zero-order valence-electron chi connectivity index (χ0n) is 17.0. The molecule has 3 heterocycles. The number of aromatic hydroxyl groups is 1. The number of aliphatic hydroxyl groups excluding tert-OH is 3. The van der Waals surface area contributed by atoms with Gasteiger partial charge >= 0.3 is 0 Å². The highest BCUT2D eigenvalue weighted by Gasteiger charge is 2.45. The maximum atomic E-state index is 12.2. The Morgan fingerprint density at radius 1 is 1.21 bits per heavy atom. The zero-order valence-corrected chi connectivity index (χ0v) is 17.0. The Balaban J connectivity index is 1.56. The second-order valence-corrected chi connectivity index (χ2v) is 7.53. The Labute approximate surface area is 185 Å². The molecular weight excluding hydrogens is 432 g/mol. The van der Waals surface area contributed by atoms with Gasteiger partial charge in [0.1, 0.15) is 24.1 Å². The number of aliphatic hydroxyl groups is 3. The SMILES string of the molecule is O=c1[nH]cnc2c1nc(NN=Cc1c(O)ccc3ccccc13)n2C1OC(CO)C(O)C1O. The summed E-state index contributed by atoms with van der Waals surface area (Å²) in [5.41, 5.74) is 2.68. The molecule has 1 aliphatic rings. The number of H-pyrrole nitrogens is 1. The van der Waals surface area contributed by atoms with Crippen LogP contribution in [0.15, 0.2) is 52.6 Å². The molecule has 2 aromatic heterocycles. The van der Waals surface area contributed by atoms with Gasteiger partial charge in [0.05, 0.1) is 19.1 Å². The Kier molecular flexibility index (Phi) is 5.26. The molecule has 0 amide bonds. The smallest absolute Gasteiger partial charge is 0.278 e. The van der Waals surface area contributed by atoms with Crippen molar-refractivity contribution >= 4 is 34.1 Å². The maximum Gasteiger partial charge on any atom is 0.278 e. The number of hydrazone groups is 1. The summed E-state index contributed by atoms with van der Waals surface area (Å²) >= 11 is 0. The van der Waals surface area contributed by atoms with Gasteiger partial charge in [-0.05, 0) is 16.8 Å². The first-order chi connectivity index (χ1) is 16.0. The lowest BCUT2D eigenvalue weighted by molar-refractivity contribution is -0.0501. The average Bonchev–Trinajstić information content (AvgIpc) is 3.33. The van der Waals surface area contributed by atoms with Crippen LogP contribution < -0.4 is 11.0 Å². The number of benzene rings is 2. The third-order valence-corrected chi connectivity index (χ3v) is 5.56. The number of hydrogen-bond acceptors (Lipinski definition) is 10. The number of phenols is 1. The van der Waals surface area contributed by atoms with Gasteiger partial charge < -0.3 is 30.1 Å². The minimum absolute atomic E-state index is 0.0000151. The summed E-state index contributed by atoms with van der Waals surface area (Å²) in [6.45, 7) is -0.517. The van der Waals surface area contributed by atoms with Crippen LogP contribution in [0.5, 0.6) is 5.75 Å². The van der Waals surface area contributed by atoms with Crippen LogP contribution in [0.2, 0.25) is 0 Å². The summed E-state index contributed by atoms with van der Waals surface area (Å²) in [4.78, 5) is 23.0. The van der Waals surface area contributed by atoms with Crippen LogP contribution >= 0.6 is 0 Å². The molecule has 5 rings (SSSR count). The molecule has 4 aromatic rings. The van der Waals surface area contributed by atoms with Crippen molar-refractivity contribution in [3.05, 3.63) is 58.6 Å². The van der Waals surface area contributed by atoms with E-state index in [2.05, 4.69) is 25.5 Å². The molecule has 4 atom stereocenters. The highest BCUT2D eigenvalue weighted by atomic mass is 16.6. The van der Waals surface area contributed by atoms with Gasteiger partial charge in [0.15, 0.2) is 17.4 Å². The molecule has 12 heteroatoms. The molecule has 2 aromatic carbocycles. The molecule has 1 saturated heterocycles. The van der Waals surface area contributed by atoms with E-state index in [1.807, 2.05) is 24.3 Å². The molecule has 0 saturated carbocycles. The number of anilines is 1. The fourth-order valence-corrected chi connectivity index (χ4v) is 3.91. The number of aromatic nitrogens is 4. The first kappa shape index (κ1) is 21.0. The van der Waals surface area contributed by atoms with E-state index in [1.54, 1.807) is 12.1 Å². The first-order valence-corrected chi connectivity index (χ1v) is 10.1. The fourth-order valence-electron chi connectivity index (χ4n) is 3.91. The van der Waals surface area contributed by atoms with Crippen molar-refractivity contribution < 1.29 is 25.2 Å². The molecule has 6 N–H and O–H groups in total. The van der Waals surface area contributed by atoms with Gasteiger partial charge in [0, 0.05) is 5.56 Å². The van der Waals surface area contributed by atoms with Gasteiger partial charge in [0.25, 0.3) is 5.56 Å². The molecule has 1 fully saturated rings. The lowest BCUT2D eigenvalue weighted by Crippen LogP contribution is -2.33. The summed E-state index contributed by atoms with van der Waals surface area (Å²) in [7, 11) is 0. The van der Waals surface area contributed by atoms with Crippen LogP contribution in [0.4, 0.5) is 5.95 Å². The van der Waals surface area contributed by atoms with Gasteiger partial charge in [-0.25, -0.2) is 15.4 Å². The van der Waals surface area contributed by atoms with Crippen molar-refractivity contribution in [1.82, 2.24) is 19.5 Å². The van der Waals surface area contributed by atoms with Crippen LogP contribution in [-0.2, 0) is 4.74 Å². The standard InChI is InChI=1S/C21H20N6O6/c28-8-14-16(30)17(31)20(33-14)27-18-15(19(32)23-9-22-18)25-21(27)26-24-7-12-11-4-2-1-3-10(11)5-6-13(12)29/h1-7,9,14,16-17,20,28-31H,8H2,(H,25,26)(H,22,23,32). The van der Waals surface area contributed by atoms with Crippen molar-refractivity contribution in [2.75, 3.05) is 12.0 Å². The van der Waals surface area contributed by atoms with E-state index in [1.165, 1.54) is 17.1 Å². The minimum Gasteiger partial charge on any atom is -0.507 e. The van der Waals surface area contributed by atoms with Crippen molar-refractivity contribution in [2.45, 2.75) is 24.5 Å². The van der Waals surface area contributed by atoms with Crippen molar-refractivity contribution in [1.29, 1.82) is 0 Å². The van der Waals surface area contributed by atoms with E-state index in [9.17, 15) is 25.2 Å². The molecule has 1 aliphatic heterocycles. The first-order valence-electron chi connectivity index (χ1n) is 10.1. The number of nitrogens with one attached hydrogen (secondary N) is 2. The highest BCUT2D eigenvalue weighted by molar-refractivity contribution is 6.02. The fraction of sp³-hybridized carbons (Fsp3) is 0.238. The van der Waals surface area contributed by atoms with Gasteiger partial charge in [-0.15, -0.1) is 0 Å². The average molecular weight is 452 g/mol. The quantitative estimate of drug-likeness (QED) is 0.180. The highest BCUT2D eigenvalue weighted by Crippen LogP contribution is 2.34. The Morgan fingerprint density at radius 2 is 2.03 bits per heavy atom. The summed E-state index contributed by atoms with van der Waals surface area (Å²) < 4.78 is 6.88. The molecule has 0 radical (unpaired) electrons. The van der Waals surface area contributed by atoms with Crippen LogP contribution in [0.25, 0.3) is 21.9 Å². The van der Waals surface area contributed by atoms with Gasteiger partial charge in [-0.2, -0.15) is 5.10 Å². The van der Waals surface area contributed by atoms with E-state index >= 15 is 0 Å². The van der Waals surface area contributed by atoms with Crippen molar-refractivity contribution in [2.24, 2.45) is 5.10 Å². The van der Waals surface area contributed by atoms with Crippen molar-refractivity contribution in [3.8, 4) is 5.75 Å². The lowest BCUT2D eigenvalue weighted by Gasteiger charge is -2.18. The third kappa shape index (κ3) is 3.50. The number of rotatable bonds is 5. The zero-order chi connectivity index (χ0) is 23.1. The minimum atomic E-state index is -1.42. The molecule has 12 nitrogen and oxygen atoms in total. The summed E-state index contributed by atoms with van der Waals surface area (Å²) in [6, 6.07) is 10.8. The summed E-state index contributed by atoms with van der Waals surface area (Å²) in [5, 5.41) is 46.2. The van der Waals surface area contributed by atoms with Crippen LogP contribution in [-0.4, -0.2) is 71.1 Å². The summed E-state index contributed by atoms with van der Waals surface area (Å²) in [6.07, 6.45) is -2.44. The monoisotopic (exact) mass is 452 g/mol. The molecular formula is C21H20N6O6. The van der Waals surface area contributed by atoms with E-state index in [4.69, 9.17) is 4.74 Å². The molecule has 4 unspecified atom stereocenters. The second-order valence-electron chi connectivity index (χ2n) is 7.53. The lowest BCUT2D eigenvalue weighted by atomic mass is 10.0. The van der Waals surface area contributed by atoms with Gasteiger partial charge in [-0.3, -0.25) is 9.36 Å². The molecule has 0 aliphatic carbocycles. The van der Waals surface area contributed by atoms with Crippen LogP contribution in [0, 0.1) is 0 Å². The van der Waals surface area contributed by atoms with Crippen molar-refractivity contribution in [3.63, 3.8) is 0 Å². The Bertz CT molecular complexity index is 1420. The summed E-state index contributed by atoms with van der Waals surface area (Å²) in [5.74, 6) is 0.0225. The molecule has 0 bridgehead atoms. The second kappa shape index (κ2) is 8.26. The predicted octanol–water partition coefficient (Wildman–Crippen LogP) is 0.0359. The molecule has 0 spiro atoms. The van der Waals surface area contributed by atoms with Gasteiger partial charge in [-0.1, -0.05) is 30.3 Å². The van der Waals surface area contributed by atoms with E-state index in [0.29, 0.717) is 5.56 Å².